The molecule has 9 aromatic carbocycles. The minimum Gasteiger partial charge on any atom is -0.455 e. The van der Waals surface area contributed by atoms with Gasteiger partial charge < -0.3 is 18.5 Å². The lowest BCUT2D eigenvalue weighted by Crippen LogP contribution is -2.09. The second kappa shape index (κ2) is 12.9. The Balaban J connectivity index is 1.14. The second-order valence-electron chi connectivity index (χ2n) is 14.9. The first-order chi connectivity index (χ1) is 28.8. The molecule has 0 aliphatic heterocycles. The molecule has 0 radical (unpaired) electrons. The van der Waals surface area contributed by atoms with Gasteiger partial charge in [-0.05, 0) is 108 Å². The average molecular weight is 742 g/mol. The number of anilines is 3. The monoisotopic (exact) mass is 741 g/mol. The third kappa shape index (κ3) is 4.88. The zero-order valence-electron chi connectivity index (χ0n) is 31.5. The smallest absolute Gasteiger partial charge is 0.145 e. The first-order valence-corrected chi connectivity index (χ1v) is 19.8. The molecule has 0 unspecified atom stereocenters. The summed E-state index contributed by atoms with van der Waals surface area (Å²) in [4.78, 5) is 2.35. The van der Waals surface area contributed by atoms with Crippen LogP contribution in [0, 0.1) is 0 Å². The maximum absolute atomic E-state index is 7.28. The summed E-state index contributed by atoms with van der Waals surface area (Å²) >= 11 is 0. The van der Waals surface area contributed by atoms with Gasteiger partial charge in [0.15, 0.2) is 0 Å². The summed E-state index contributed by atoms with van der Waals surface area (Å²) in [7, 11) is 0. The number of para-hydroxylation sites is 4. The Hall–Kier alpha value is -7.82. The average Bonchev–Trinajstić information content (AvgIpc) is 3.95. The molecule has 58 heavy (non-hydrogen) atoms. The SMILES string of the molecule is c1ccc(-c2ccc(N(c3ccccc3)c3ccc4c(c3)c3c5oc6c(ccc7c6c6ccccc6n7-c6ccccc6)c5ccc3n4-c3ccccc3)cc2)cc1. The highest BCUT2D eigenvalue weighted by Gasteiger charge is 2.23. The van der Waals surface area contributed by atoms with E-state index in [9.17, 15) is 0 Å². The lowest BCUT2D eigenvalue weighted by molar-refractivity contribution is 0.677. The van der Waals surface area contributed by atoms with E-state index in [4.69, 9.17) is 4.42 Å². The van der Waals surface area contributed by atoms with E-state index < -0.39 is 0 Å². The summed E-state index contributed by atoms with van der Waals surface area (Å²) in [5.41, 5.74) is 14.2. The van der Waals surface area contributed by atoms with Crippen LogP contribution in [0.25, 0.3) is 88.1 Å². The van der Waals surface area contributed by atoms with Crippen molar-refractivity contribution in [3.05, 3.63) is 212 Å². The zero-order valence-corrected chi connectivity index (χ0v) is 31.5. The Kier molecular flexibility index (Phi) is 7.20. The maximum atomic E-state index is 7.28. The summed E-state index contributed by atoms with van der Waals surface area (Å²) in [6, 6.07) is 75.9. The molecule has 0 aliphatic rings. The number of nitrogens with zero attached hydrogens (tertiary/aromatic N) is 3. The molecule has 0 bridgehead atoms. The third-order valence-electron chi connectivity index (χ3n) is 11.7. The number of benzene rings is 9. The second-order valence-corrected chi connectivity index (χ2v) is 14.9. The highest BCUT2D eigenvalue weighted by atomic mass is 16.3. The van der Waals surface area contributed by atoms with Crippen molar-refractivity contribution in [3.63, 3.8) is 0 Å². The van der Waals surface area contributed by atoms with Crippen molar-refractivity contribution in [1.29, 1.82) is 0 Å². The van der Waals surface area contributed by atoms with E-state index in [2.05, 4.69) is 226 Å². The Morgan fingerprint density at radius 1 is 0.310 bits per heavy atom. The van der Waals surface area contributed by atoms with Crippen molar-refractivity contribution >= 4 is 82.6 Å². The van der Waals surface area contributed by atoms with Crippen molar-refractivity contribution < 1.29 is 4.42 Å². The molecule has 0 amide bonds. The van der Waals surface area contributed by atoms with E-state index in [1.165, 1.54) is 16.5 Å². The number of fused-ring (bicyclic) bond motifs is 11. The van der Waals surface area contributed by atoms with Crippen molar-refractivity contribution in [3.8, 4) is 22.5 Å². The largest absolute Gasteiger partial charge is 0.455 e. The van der Waals surface area contributed by atoms with Crippen molar-refractivity contribution in [2.24, 2.45) is 0 Å². The molecule has 4 heteroatoms. The van der Waals surface area contributed by atoms with Crippen molar-refractivity contribution in [1.82, 2.24) is 9.13 Å². The van der Waals surface area contributed by atoms with Gasteiger partial charge in [-0.25, -0.2) is 0 Å². The van der Waals surface area contributed by atoms with Crippen LogP contribution >= 0.6 is 0 Å². The van der Waals surface area contributed by atoms with Crippen molar-refractivity contribution in [2.75, 3.05) is 4.90 Å². The Morgan fingerprint density at radius 2 is 0.759 bits per heavy atom. The number of hydrogen-bond acceptors (Lipinski definition) is 2. The molecule has 4 nitrogen and oxygen atoms in total. The van der Waals surface area contributed by atoms with Gasteiger partial charge in [0.2, 0.25) is 0 Å². The van der Waals surface area contributed by atoms with Crippen LogP contribution in [0.5, 0.6) is 0 Å². The van der Waals surface area contributed by atoms with E-state index in [1.54, 1.807) is 0 Å². The maximum Gasteiger partial charge on any atom is 0.145 e. The Labute approximate surface area is 334 Å². The van der Waals surface area contributed by atoms with Crippen molar-refractivity contribution in [2.45, 2.75) is 0 Å². The summed E-state index contributed by atoms with van der Waals surface area (Å²) < 4.78 is 12.0. The lowest BCUT2D eigenvalue weighted by atomic mass is 10.0. The molecule has 0 saturated carbocycles. The lowest BCUT2D eigenvalue weighted by Gasteiger charge is -2.26. The van der Waals surface area contributed by atoms with Gasteiger partial charge in [0, 0.05) is 50.0 Å². The normalized spacial score (nSPS) is 11.8. The molecular formula is C54H35N3O. The molecule has 12 aromatic rings. The minimum absolute atomic E-state index is 0.895. The Morgan fingerprint density at radius 3 is 1.38 bits per heavy atom. The molecule has 12 rings (SSSR count). The van der Waals surface area contributed by atoms with E-state index in [1.807, 2.05) is 0 Å². The molecular weight excluding hydrogens is 707 g/mol. The van der Waals surface area contributed by atoms with Crippen LogP contribution in [0.3, 0.4) is 0 Å². The fraction of sp³-hybridized carbons (Fsp3) is 0. The summed E-state index contributed by atoms with van der Waals surface area (Å²) in [5.74, 6) is 0. The van der Waals surface area contributed by atoms with Crippen LogP contribution in [0.1, 0.15) is 0 Å². The van der Waals surface area contributed by atoms with E-state index in [-0.39, 0.29) is 0 Å². The number of furan rings is 1. The van der Waals surface area contributed by atoms with Gasteiger partial charge in [0.05, 0.1) is 32.8 Å². The zero-order chi connectivity index (χ0) is 38.2. The number of rotatable bonds is 6. The van der Waals surface area contributed by atoms with Gasteiger partial charge in [-0.1, -0.05) is 115 Å². The predicted molar refractivity (Wildman–Crippen MR) is 243 cm³/mol. The van der Waals surface area contributed by atoms with Gasteiger partial charge >= 0.3 is 0 Å². The van der Waals surface area contributed by atoms with Crippen LogP contribution in [0.15, 0.2) is 217 Å². The molecule has 272 valence electrons. The van der Waals surface area contributed by atoms with Gasteiger partial charge in [-0.15, -0.1) is 0 Å². The van der Waals surface area contributed by atoms with E-state index >= 15 is 0 Å². The van der Waals surface area contributed by atoms with Gasteiger partial charge in [0.25, 0.3) is 0 Å². The Bertz CT molecular complexity index is 3470. The summed E-state index contributed by atoms with van der Waals surface area (Å²) in [5, 5.41) is 6.75. The van der Waals surface area contributed by atoms with Crippen LogP contribution in [-0.2, 0) is 0 Å². The quantitative estimate of drug-likeness (QED) is 0.170. The summed E-state index contributed by atoms with van der Waals surface area (Å²) in [6.45, 7) is 0. The molecule has 0 spiro atoms. The molecule has 3 heterocycles. The molecule has 0 atom stereocenters. The summed E-state index contributed by atoms with van der Waals surface area (Å²) in [6.07, 6.45) is 0. The van der Waals surface area contributed by atoms with Crippen LogP contribution in [0.4, 0.5) is 17.1 Å². The standard InChI is InChI=1S/C54H35N3O/c1-5-15-36(16-6-1)37-25-27-41(28-26-37)55(38-17-7-2-8-18-38)42-29-32-48-46(35-42)52-50(57(48)40-21-11-4-12-22-40)34-31-44-43-30-33-49-51(53(43)58-54(44)52)45-23-13-14-24-47(45)56(49)39-19-9-3-10-20-39/h1-35H. The van der Waals surface area contributed by atoms with Gasteiger partial charge in [-0.2, -0.15) is 0 Å². The fourth-order valence-electron chi connectivity index (χ4n) is 9.14. The molecule has 0 fully saturated rings. The van der Waals surface area contributed by atoms with Crippen LogP contribution in [0.2, 0.25) is 0 Å². The minimum atomic E-state index is 0.895. The molecule has 0 aliphatic carbocycles. The van der Waals surface area contributed by atoms with E-state index in [0.717, 1.165) is 88.6 Å². The highest BCUT2D eigenvalue weighted by molar-refractivity contribution is 6.29. The predicted octanol–water partition coefficient (Wildman–Crippen LogP) is 14.9. The number of aromatic nitrogens is 2. The van der Waals surface area contributed by atoms with Gasteiger partial charge in [0.1, 0.15) is 11.2 Å². The van der Waals surface area contributed by atoms with E-state index in [0.29, 0.717) is 0 Å². The molecule has 0 N–H and O–H groups in total. The number of hydrogen-bond donors (Lipinski definition) is 0. The molecule has 3 aromatic heterocycles. The fourth-order valence-corrected chi connectivity index (χ4v) is 9.14. The first kappa shape index (κ1) is 32.4. The topological polar surface area (TPSA) is 26.2 Å². The highest BCUT2D eigenvalue weighted by Crippen LogP contribution is 2.46. The van der Waals surface area contributed by atoms with Crippen LogP contribution < -0.4 is 4.90 Å². The molecule has 0 saturated heterocycles. The van der Waals surface area contributed by atoms with Gasteiger partial charge in [-0.3, -0.25) is 0 Å². The van der Waals surface area contributed by atoms with Crippen LogP contribution in [-0.4, -0.2) is 9.13 Å². The first-order valence-electron chi connectivity index (χ1n) is 19.8. The third-order valence-corrected chi connectivity index (χ3v) is 11.7.